The number of fused-ring (bicyclic) bond motifs is 1. The van der Waals surface area contributed by atoms with E-state index >= 15 is 0 Å². The molecule has 0 fully saturated rings. The number of carbonyl (C=O) groups is 2. The monoisotopic (exact) mass is 421 g/mol. The van der Waals surface area contributed by atoms with Gasteiger partial charge < -0.3 is 10.8 Å². The molecule has 1 aliphatic heterocycles. The van der Waals surface area contributed by atoms with E-state index in [1.807, 2.05) is 5.32 Å². The number of nitrogen functional groups attached to an aromatic ring is 1. The Morgan fingerprint density at radius 3 is 2.07 bits per heavy atom. The first kappa shape index (κ1) is 20.4. The highest BCUT2D eigenvalue weighted by Gasteiger charge is 2.71. The van der Waals surface area contributed by atoms with E-state index in [2.05, 4.69) is 0 Å². The van der Waals surface area contributed by atoms with Crippen LogP contribution in [0, 0.1) is 0 Å². The molecule has 1 aromatic carbocycles. The molecule has 13 heteroatoms. The molecule has 0 unspecified atom stereocenters. The average Bonchev–Trinajstić information content (AvgIpc) is 2.86. The Morgan fingerprint density at radius 2 is 1.52 bits per heavy atom. The first-order valence-corrected chi connectivity index (χ1v) is 7.58. The number of halogens is 6. The van der Waals surface area contributed by atoms with Crippen LogP contribution in [0.25, 0.3) is 5.69 Å². The molecule has 3 rings (SSSR count). The zero-order valence-electron chi connectivity index (χ0n) is 13.9. The van der Waals surface area contributed by atoms with Gasteiger partial charge in [0.1, 0.15) is 5.82 Å². The third-order valence-electron chi connectivity index (χ3n) is 4.30. The van der Waals surface area contributed by atoms with Crippen molar-refractivity contribution in [3.8, 4) is 5.69 Å². The Balaban J connectivity index is 2.28. The number of amides is 2. The highest BCUT2D eigenvalue weighted by Crippen LogP contribution is 2.50. The molecule has 0 saturated carbocycles. The zero-order chi connectivity index (χ0) is 21.9. The molecule has 7 nitrogen and oxygen atoms in total. The van der Waals surface area contributed by atoms with Crippen molar-refractivity contribution in [1.29, 1.82) is 0 Å². The molecule has 2 heterocycles. The minimum atomic E-state index is -6.13. The Labute approximate surface area is 156 Å². The highest BCUT2D eigenvalue weighted by molar-refractivity contribution is 6.23. The summed E-state index contributed by atoms with van der Waals surface area (Å²) in [6.45, 7) is 0. The minimum Gasteiger partial charge on any atom is -0.384 e. The third kappa shape index (κ3) is 2.85. The fourth-order valence-corrected chi connectivity index (χ4v) is 2.90. The number of rotatable bonds is 2. The summed E-state index contributed by atoms with van der Waals surface area (Å²) in [5.41, 5.74) is -3.67. The SMILES string of the molecule is Nc1c2c(cc(=O)n1-c1cccc(C(O)(C(F)(F)F)C(F)(F)F)c1)C(=O)NC2=O. The van der Waals surface area contributed by atoms with Crippen LogP contribution in [0.2, 0.25) is 0 Å². The van der Waals surface area contributed by atoms with Crippen molar-refractivity contribution in [3.63, 3.8) is 0 Å². The van der Waals surface area contributed by atoms with Gasteiger partial charge in [0.25, 0.3) is 23.0 Å². The molecule has 0 saturated heterocycles. The fourth-order valence-electron chi connectivity index (χ4n) is 2.90. The molecule has 1 aliphatic rings. The number of hydrogen-bond donors (Lipinski definition) is 3. The Kier molecular flexibility index (Phi) is 4.27. The average molecular weight is 421 g/mol. The molecule has 1 aromatic heterocycles. The predicted octanol–water partition coefficient (Wildman–Crippen LogP) is 1.62. The number of benzene rings is 1. The van der Waals surface area contributed by atoms with Gasteiger partial charge in [-0.25, -0.2) is 0 Å². The molecule has 0 radical (unpaired) electrons. The maximum absolute atomic E-state index is 13.1. The van der Waals surface area contributed by atoms with Crippen molar-refractivity contribution in [1.82, 2.24) is 9.88 Å². The lowest BCUT2D eigenvalue weighted by Crippen LogP contribution is -2.54. The molecular formula is C16H9F6N3O4. The van der Waals surface area contributed by atoms with Gasteiger partial charge in [-0.05, 0) is 12.1 Å². The number of nitrogens with one attached hydrogen (secondary N) is 1. The number of aromatic nitrogens is 1. The Bertz CT molecular complexity index is 1090. The first-order valence-electron chi connectivity index (χ1n) is 7.58. The van der Waals surface area contributed by atoms with Crippen molar-refractivity contribution >= 4 is 17.6 Å². The van der Waals surface area contributed by atoms with E-state index in [9.17, 15) is 45.8 Å². The van der Waals surface area contributed by atoms with Crippen LogP contribution >= 0.6 is 0 Å². The molecular weight excluding hydrogens is 412 g/mol. The van der Waals surface area contributed by atoms with E-state index in [0.717, 1.165) is 12.1 Å². The summed E-state index contributed by atoms with van der Waals surface area (Å²) in [5.74, 6) is -2.59. The molecule has 29 heavy (non-hydrogen) atoms. The summed E-state index contributed by atoms with van der Waals surface area (Å²) in [4.78, 5) is 35.7. The van der Waals surface area contributed by atoms with E-state index in [0.29, 0.717) is 16.7 Å². The van der Waals surface area contributed by atoms with Crippen LogP contribution in [0.4, 0.5) is 32.2 Å². The van der Waals surface area contributed by atoms with Gasteiger partial charge >= 0.3 is 12.4 Å². The van der Waals surface area contributed by atoms with E-state index < -0.39 is 58.0 Å². The summed E-state index contributed by atoms with van der Waals surface area (Å²) < 4.78 is 79.0. The summed E-state index contributed by atoms with van der Waals surface area (Å²) in [6, 6.07) is 2.97. The number of carbonyl (C=O) groups excluding carboxylic acids is 2. The lowest BCUT2D eigenvalue weighted by atomic mass is 9.92. The normalized spacial score (nSPS) is 14.7. The van der Waals surface area contributed by atoms with Gasteiger partial charge in [-0.1, -0.05) is 12.1 Å². The van der Waals surface area contributed by atoms with Crippen molar-refractivity contribution in [2.75, 3.05) is 5.73 Å². The quantitative estimate of drug-likeness (QED) is 0.504. The van der Waals surface area contributed by atoms with Crippen LogP contribution in [0.15, 0.2) is 35.1 Å². The smallest absolute Gasteiger partial charge is 0.384 e. The standard InChI is InChI=1S/C16H9F6N3O4/c17-15(18,19)14(29,16(20,21)22)6-2-1-3-7(4-6)25-9(26)5-8-10(11(25)23)13(28)24-12(8)27/h1-5,29H,23H2,(H,24,27,28). The van der Waals surface area contributed by atoms with Crippen LogP contribution in [0.1, 0.15) is 26.3 Å². The van der Waals surface area contributed by atoms with Gasteiger partial charge in [0, 0.05) is 11.6 Å². The van der Waals surface area contributed by atoms with Gasteiger partial charge in [0.2, 0.25) is 0 Å². The summed E-state index contributed by atoms with van der Waals surface area (Å²) in [5, 5.41) is 11.4. The molecule has 2 amide bonds. The minimum absolute atomic E-state index is 0.264. The van der Waals surface area contributed by atoms with Crippen molar-refractivity contribution < 1.29 is 41.0 Å². The van der Waals surface area contributed by atoms with Gasteiger partial charge in [-0.15, -0.1) is 0 Å². The van der Waals surface area contributed by atoms with Crippen LogP contribution < -0.4 is 16.6 Å². The molecule has 0 spiro atoms. The topological polar surface area (TPSA) is 114 Å². The number of anilines is 1. The Hall–Kier alpha value is -3.35. The number of nitrogens with two attached hydrogens (primary N) is 1. The largest absolute Gasteiger partial charge is 0.430 e. The van der Waals surface area contributed by atoms with E-state index in [4.69, 9.17) is 5.73 Å². The number of pyridine rings is 1. The van der Waals surface area contributed by atoms with Gasteiger partial charge in [-0.2, -0.15) is 26.3 Å². The molecule has 0 bridgehead atoms. The molecule has 0 aliphatic carbocycles. The maximum atomic E-state index is 13.1. The van der Waals surface area contributed by atoms with Gasteiger partial charge in [-0.3, -0.25) is 24.3 Å². The number of aliphatic hydroxyl groups is 1. The van der Waals surface area contributed by atoms with Gasteiger partial charge in [0.05, 0.1) is 16.8 Å². The van der Waals surface area contributed by atoms with E-state index in [-0.39, 0.29) is 11.6 Å². The van der Waals surface area contributed by atoms with Crippen LogP contribution in [-0.2, 0) is 5.60 Å². The third-order valence-corrected chi connectivity index (χ3v) is 4.30. The molecule has 4 N–H and O–H groups in total. The first-order chi connectivity index (χ1) is 13.2. The Morgan fingerprint density at radius 1 is 0.931 bits per heavy atom. The van der Waals surface area contributed by atoms with Crippen molar-refractivity contribution in [2.24, 2.45) is 0 Å². The van der Waals surface area contributed by atoms with Crippen LogP contribution in [0.5, 0.6) is 0 Å². The second kappa shape index (κ2) is 6.07. The zero-order valence-corrected chi connectivity index (χ0v) is 13.9. The fraction of sp³-hybridized carbons (Fsp3) is 0.188. The molecule has 154 valence electrons. The molecule has 0 atom stereocenters. The summed E-state index contributed by atoms with van der Waals surface area (Å²) >= 11 is 0. The predicted molar refractivity (Wildman–Crippen MR) is 84.3 cm³/mol. The van der Waals surface area contributed by atoms with Crippen molar-refractivity contribution in [2.45, 2.75) is 18.0 Å². The van der Waals surface area contributed by atoms with Crippen LogP contribution in [-0.4, -0.2) is 33.8 Å². The van der Waals surface area contributed by atoms with Crippen LogP contribution in [0.3, 0.4) is 0 Å². The summed E-state index contributed by atoms with van der Waals surface area (Å²) in [7, 11) is 0. The van der Waals surface area contributed by atoms with Crippen molar-refractivity contribution in [3.05, 3.63) is 57.4 Å². The second-order valence-corrected chi connectivity index (χ2v) is 6.03. The van der Waals surface area contributed by atoms with E-state index in [1.165, 1.54) is 0 Å². The van der Waals surface area contributed by atoms with E-state index in [1.54, 1.807) is 0 Å². The number of hydrogen-bond acceptors (Lipinski definition) is 5. The second-order valence-electron chi connectivity index (χ2n) is 6.03. The lowest BCUT2D eigenvalue weighted by Gasteiger charge is -2.32. The van der Waals surface area contributed by atoms with Gasteiger partial charge in [0.15, 0.2) is 0 Å². The molecule has 2 aromatic rings. The highest BCUT2D eigenvalue weighted by atomic mass is 19.4. The number of nitrogens with zero attached hydrogens (tertiary/aromatic N) is 1. The lowest BCUT2D eigenvalue weighted by molar-refractivity contribution is -0.376. The number of imide groups is 1. The maximum Gasteiger partial charge on any atom is 0.430 e. The summed E-state index contributed by atoms with van der Waals surface area (Å²) in [6.07, 6.45) is -12.3. The number of alkyl halides is 6.